The molecule has 0 saturated heterocycles. The largest absolute Gasteiger partial charge is 0.606 e. The second-order valence-corrected chi connectivity index (χ2v) is 6.61. The standard InChI is InChI=1S/C19H19FO3S/c1-23-19(21)18(24(22)17-11-3-2-4-12-17)13-6-5-8-15-9-7-10-16(20)14-15/h2-4,7,9-14H,5-6,8H2,1H3/b18-13-. The summed E-state index contributed by atoms with van der Waals surface area (Å²) >= 11 is -1.58. The van der Waals surface area contributed by atoms with Gasteiger partial charge in [0.25, 0.3) is 0 Å². The number of ether oxygens (including phenoxy) is 1. The van der Waals surface area contributed by atoms with Crippen LogP contribution in [0.3, 0.4) is 0 Å². The zero-order valence-electron chi connectivity index (χ0n) is 13.4. The van der Waals surface area contributed by atoms with Crippen LogP contribution in [0.15, 0.2) is 70.5 Å². The van der Waals surface area contributed by atoms with Crippen LogP contribution in [0.4, 0.5) is 4.39 Å². The van der Waals surface area contributed by atoms with Crippen molar-refractivity contribution >= 4 is 17.1 Å². The molecule has 1 atom stereocenters. The summed E-state index contributed by atoms with van der Waals surface area (Å²) < 4.78 is 30.4. The van der Waals surface area contributed by atoms with E-state index in [0.717, 1.165) is 12.0 Å². The average molecular weight is 346 g/mol. The molecule has 1 unspecified atom stereocenters. The molecule has 0 saturated carbocycles. The lowest BCUT2D eigenvalue weighted by atomic mass is 10.1. The number of unbranched alkanes of at least 4 members (excludes halogenated alkanes) is 1. The van der Waals surface area contributed by atoms with Crippen LogP contribution < -0.4 is 0 Å². The van der Waals surface area contributed by atoms with E-state index in [1.165, 1.54) is 19.2 Å². The molecule has 0 aliphatic rings. The molecular weight excluding hydrogens is 327 g/mol. The van der Waals surface area contributed by atoms with E-state index < -0.39 is 17.1 Å². The van der Waals surface area contributed by atoms with E-state index in [9.17, 15) is 13.7 Å². The van der Waals surface area contributed by atoms with Gasteiger partial charge in [0, 0.05) is 11.2 Å². The maximum absolute atomic E-state index is 13.1. The third-order valence-electron chi connectivity index (χ3n) is 3.43. The van der Waals surface area contributed by atoms with Crippen LogP contribution in [0.25, 0.3) is 0 Å². The molecule has 126 valence electrons. The van der Waals surface area contributed by atoms with Crippen molar-refractivity contribution in [1.82, 2.24) is 0 Å². The number of methoxy groups -OCH3 is 1. The number of benzene rings is 2. The number of allylic oxidation sites excluding steroid dienone is 1. The fourth-order valence-corrected chi connectivity index (χ4v) is 3.40. The first-order valence-corrected chi connectivity index (χ1v) is 8.76. The minimum atomic E-state index is -1.58. The van der Waals surface area contributed by atoms with E-state index in [1.807, 2.05) is 12.1 Å². The van der Waals surface area contributed by atoms with Crippen molar-refractivity contribution in [2.75, 3.05) is 7.11 Å². The average Bonchev–Trinajstić information content (AvgIpc) is 2.61. The highest BCUT2D eigenvalue weighted by Gasteiger charge is 2.25. The van der Waals surface area contributed by atoms with Crippen LogP contribution in [0.2, 0.25) is 0 Å². The Morgan fingerprint density at radius 1 is 1.21 bits per heavy atom. The van der Waals surface area contributed by atoms with Crippen LogP contribution in [0.1, 0.15) is 18.4 Å². The van der Waals surface area contributed by atoms with E-state index in [4.69, 9.17) is 4.74 Å². The molecule has 0 fully saturated rings. The maximum atomic E-state index is 13.1. The summed E-state index contributed by atoms with van der Waals surface area (Å²) in [6.07, 6.45) is 3.60. The van der Waals surface area contributed by atoms with Gasteiger partial charge in [-0.15, -0.1) is 0 Å². The Morgan fingerprint density at radius 3 is 2.62 bits per heavy atom. The SMILES string of the molecule is COC(=O)/C(=C/CCCc1cccc(F)c1)[S+]([O-])c1ccccc1. The molecule has 0 aromatic heterocycles. The molecule has 2 aromatic carbocycles. The van der Waals surface area contributed by atoms with Gasteiger partial charge in [0.05, 0.1) is 7.11 Å². The second kappa shape index (κ2) is 9.25. The van der Waals surface area contributed by atoms with E-state index in [0.29, 0.717) is 17.7 Å². The van der Waals surface area contributed by atoms with Gasteiger partial charge in [0.1, 0.15) is 5.82 Å². The summed E-state index contributed by atoms with van der Waals surface area (Å²) in [6.45, 7) is 0. The molecule has 0 heterocycles. The summed E-state index contributed by atoms with van der Waals surface area (Å²) in [5.74, 6) is -0.855. The first-order chi connectivity index (χ1) is 11.6. The summed E-state index contributed by atoms with van der Waals surface area (Å²) in [5.41, 5.74) is 0.896. The fourth-order valence-electron chi connectivity index (χ4n) is 2.24. The normalized spacial score (nSPS) is 12.7. The van der Waals surface area contributed by atoms with Gasteiger partial charge in [0.2, 0.25) is 4.91 Å². The quantitative estimate of drug-likeness (QED) is 0.329. The molecule has 5 heteroatoms. The Morgan fingerprint density at radius 2 is 1.96 bits per heavy atom. The van der Waals surface area contributed by atoms with Crippen molar-refractivity contribution in [2.24, 2.45) is 0 Å². The Balaban J connectivity index is 2.02. The molecular formula is C19H19FO3S. The van der Waals surface area contributed by atoms with Crippen molar-refractivity contribution in [3.05, 3.63) is 77.0 Å². The topological polar surface area (TPSA) is 49.4 Å². The van der Waals surface area contributed by atoms with Crippen LogP contribution in [-0.4, -0.2) is 17.6 Å². The van der Waals surface area contributed by atoms with Gasteiger partial charge in [-0.3, -0.25) is 0 Å². The van der Waals surface area contributed by atoms with Gasteiger partial charge in [-0.25, -0.2) is 9.18 Å². The molecule has 0 aliphatic carbocycles. The lowest BCUT2D eigenvalue weighted by molar-refractivity contribution is -0.135. The molecule has 24 heavy (non-hydrogen) atoms. The van der Waals surface area contributed by atoms with Gasteiger partial charge in [-0.05, 0) is 55.2 Å². The first kappa shape index (κ1) is 18.2. The third-order valence-corrected chi connectivity index (χ3v) is 4.87. The van der Waals surface area contributed by atoms with E-state index >= 15 is 0 Å². The van der Waals surface area contributed by atoms with Crippen molar-refractivity contribution in [2.45, 2.75) is 24.2 Å². The van der Waals surface area contributed by atoms with Crippen molar-refractivity contribution in [3.8, 4) is 0 Å². The third kappa shape index (κ3) is 5.22. The highest BCUT2D eigenvalue weighted by Crippen LogP contribution is 2.21. The zero-order valence-corrected chi connectivity index (χ0v) is 14.2. The molecule has 0 bridgehead atoms. The van der Waals surface area contributed by atoms with Gasteiger partial charge in [-0.1, -0.05) is 30.3 Å². The lowest BCUT2D eigenvalue weighted by Gasteiger charge is -2.11. The molecule has 2 aromatic rings. The van der Waals surface area contributed by atoms with E-state index in [2.05, 4.69) is 0 Å². The first-order valence-electron chi connectivity index (χ1n) is 7.61. The minimum Gasteiger partial charge on any atom is -0.606 e. The molecule has 2 rings (SSSR count). The maximum Gasteiger partial charge on any atom is 0.386 e. The number of rotatable bonds is 7. The summed E-state index contributed by atoms with van der Waals surface area (Å²) in [7, 11) is 1.27. The summed E-state index contributed by atoms with van der Waals surface area (Å²) in [5, 5.41) is 0. The molecule has 3 nitrogen and oxygen atoms in total. The molecule has 0 spiro atoms. The lowest BCUT2D eigenvalue weighted by Crippen LogP contribution is -2.15. The van der Waals surface area contributed by atoms with Crippen molar-refractivity contribution < 1.29 is 18.5 Å². The molecule has 0 aliphatic heterocycles. The predicted octanol–water partition coefficient (Wildman–Crippen LogP) is 4.01. The Bertz CT molecular complexity index is 701. The van der Waals surface area contributed by atoms with Gasteiger partial charge in [0.15, 0.2) is 4.90 Å². The van der Waals surface area contributed by atoms with Gasteiger partial charge < -0.3 is 9.29 Å². The fraction of sp³-hybridized carbons (Fsp3) is 0.211. The number of aryl methyl sites for hydroxylation is 1. The Labute approximate surface area is 144 Å². The molecule has 0 amide bonds. The summed E-state index contributed by atoms with van der Waals surface area (Å²) in [6, 6.07) is 15.2. The second-order valence-electron chi connectivity index (χ2n) is 5.16. The van der Waals surface area contributed by atoms with Crippen LogP contribution in [0.5, 0.6) is 0 Å². The van der Waals surface area contributed by atoms with Crippen LogP contribution in [0, 0.1) is 5.82 Å². The number of hydrogen-bond acceptors (Lipinski definition) is 3. The number of hydrogen-bond donors (Lipinski definition) is 0. The Hall–Kier alpha value is -2.11. The van der Waals surface area contributed by atoms with E-state index in [-0.39, 0.29) is 10.7 Å². The van der Waals surface area contributed by atoms with Crippen molar-refractivity contribution in [1.29, 1.82) is 0 Å². The van der Waals surface area contributed by atoms with E-state index in [1.54, 1.807) is 36.4 Å². The number of esters is 1. The summed E-state index contributed by atoms with van der Waals surface area (Å²) in [4.78, 5) is 12.6. The van der Waals surface area contributed by atoms with Gasteiger partial charge >= 0.3 is 5.97 Å². The highest BCUT2D eigenvalue weighted by atomic mass is 32.2. The zero-order chi connectivity index (χ0) is 17.4. The Kier molecular flexibility index (Phi) is 7.03. The monoisotopic (exact) mass is 346 g/mol. The molecule has 0 radical (unpaired) electrons. The number of carbonyl (C=O) groups is 1. The minimum absolute atomic E-state index is 0.142. The number of halogens is 1. The predicted molar refractivity (Wildman–Crippen MR) is 92.3 cm³/mol. The molecule has 0 N–H and O–H groups in total. The smallest absolute Gasteiger partial charge is 0.386 e. The van der Waals surface area contributed by atoms with Crippen molar-refractivity contribution in [3.63, 3.8) is 0 Å². The highest BCUT2D eigenvalue weighted by molar-refractivity contribution is 7.96. The van der Waals surface area contributed by atoms with Crippen LogP contribution in [-0.2, 0) is 27.1 Å². The van der Waals surface area contributed by atoms with Gasteiger partial charge in [-0.2, -0.15) is 0 Å². The van der Waals surface area contributed by atoms with Crippen LogP contribution >= 0.6 is 0 Å². The number of carbonyl (C=O) groups excluding carboxylic acids is 1.